The Morgan fingerprint density at radius 1 is 1.00 bits per heavy atom. The van der Waals surface area contributed by atoms with E-state index in [1.165, 1.54) is 24.8 Å². The van der Waals surface area contributed by atoms with Crippen molar-refractivity contribution in [1.82, 2.24) is 10.3 Å². The number of aryl methyl sites for hydroxylation is 1. The number of carbonyl (C=O) groups excluding carboxylic acids is 1. The number of rotatable bonds is 4. The van der Waals surface area contributed by atoms with Crippen LogP contribution in [0, 0.1) is 6.92 Å². The SMILES string of the molecule is Cc1c(C(=O)NC2(Cc3ccccc3)CCCCC2)cnc2ccccc12. The summed E-state index contributed by atoms with van der Waals surface area (Å²) in [5.41, 5.74) is 3.75. The van der Waals surface area contributed by atoms with Gasteiger partial charge in [-0.15, -0.1) is 0 Å². The first-order valence-electron chi connectivity index (χ1n) is 9.88. The zero-order chi connectivity index (χ0) is 18.7. The molecule has 2 aromatic carbocycles. The number of amides is 1. The second-order valence-corrected chi connectivity index (χ2v) is 7.77. The van der Waals surface area contributed by atoms with Gasteiger partial charge in [-0.1, -0.05) is 67.8 Å². The molecule has 0 spiro atoms. The molecule has 4 rings (SSSR count). The molecule has 1 aliphatic rings. The molecule has 0 aliphatic heterocycles. The van der Waals surface area contributed by atoms with Gasteiger partial charge in [0.2, 0.25) is 0 Å². The third-order valence-corrected chi connectivity index (χ3v) is 5.86. The van der Waals surface area contributed by atoms with E-state index in [1.54, 1.807) is 6.20 Å². The molecule has 0 saturated heterocycles. The Bertz CT molecular complexity index is 943. The Balaban J connectivity index is 1.63. The zero-order valence-corrected chi connectivity index (χ0v) is 15.9. The van der Waals surface area contributed by atoms with Crippen LogP contribution in [0.15, 0.2) is 60.8 Å². The normalized spacial score (nSPS) is 16.2. The lowest BCUT2D eigenvalue weighted by Gasteiger charge is -2.38. The molecule has 1 saturated carbocycles. The molecule has 1 aliphatic carbocycles. The zero-order valence-electron chi connectivity index (χ0n) is 15.9. The highest BCUT2D eigenvalue weighted by Crippen LogP contribution is 2.32. The van der Waals surface area contributed by atoms with Crippen molar-refractivity contribution in [3.63, 3.8) is 0 Å². The Morgan fingerprint density at radius 2 is 1.70 bits per heavy atom. The summed E-state index contributed by atoms with van der Waals surface area (Å²) in [7, 11) is 0. The molecule has 138 valence electrons. The number of aromatic nitrogens is 1. The van der Waals surface area contributed by atoms with Crippen LogP contribution in [0.4, 0.5) is 0 Å². The molecule has 0 unspecified atom stereocenters. The molecule has 3 nitrogen and oxygen atoms in total. The number of nitrogens with zero attached hydrogens (tertiary/aromatic N) is 1. The molecule has 1 amide bonds. The summed E-state index contributed by atoms with van der Waals surface area (Å²) in [6.45, 7) is 2.02. The Morgan fingerprint density at radius 3 is 2.48 bits per heavy atom. The second-order valence-electron chi connectivity index (χ2n) is 7.77. The van der Waals surface area contributed by atoms with Crippen LogP contribution in [0.25, 0.3) is 10.9 Å². The van der Waals surface area contributed by atoms with Gasteiger partial charge in [-0.3, -0.25) is 9.78 Å². The minimum Gasteiger partial charge on any atom is -0.346 e. The van der Waals surface area contributed by atoms with E-state index in [-0.39, 0.29) is 11.4 Å². The smallest absolute Gasteiger partial charge is 0.253 e. The summed E-state index contributed by atoms with van der Waals surface area (Å²) >= 11 is 0. The number of carbonyl (C=O) groups is 1. The van der Waals surface area contributed by atoms with Gasteiger partial charge >= 0.3 is 0 Å². The molecule has 1 aromatic heterocycles. The number of pyridine rings is 1. The van der Waals surface area contributed by atoms with E-state index in [0.29, 0.717) is 5.56 Å². The van der Waals surface area contributed by atoms with E-state index < -0.39 is 0 Å². The van der Waals surface area contributed by atoms with Gasteiger partial charge in [-0.25, -0.2) is 0 Å². The molecule has 1 fully saturated rings. The first-order valence-corrected chi connectivity index (χ1v) is 9.88. The maximum absolute atomic E-state index is 13.2. The average molecular weight is 358 g/mol. The van der Waals surface area contributed by atoms with Crippen molar-refractivity contribution >= 4 is 16.8 Å². The highest BCUT2D eigenvalue weighted by molar-refractivity contribution is 6.00. The third-order valence-electron chi connectivity index (χ3n) is 5.86. The standard InChI is InChI=1S/C24H26N2O/c1-18-20-12-6-7-13-22(20)25-17-21(18)23(27)26-24(14-8-3-9-15-24)16-19-10-4-2-5-11-19/h2,4-7,10-13,17H,3,8-9,14-16H2,1H3,(H,26,27). The van der Waals surface area contributed by atoms with Crippen molar-refractivity contribution in [3.8, 4) is 0 Å². The lowest BCUT2D eigenvalue weighted by molar-refractivity contribution is 0.0867. The van der Waals surface area contributed by atoms with Gasteiger partial charge in [-0.2, -0.15) is 0 Å². The van der Waals surface area contributed by atoms with Crippen LogP contribution in [-0.2, 0) is 6.42 Å². The van der Waals surface area contributed by atoms with Crippen molar-refractivity contribution in [2.45, 2.75) is 51.0 Å². The van der Waals surface area contributed by atoms with Gasteiger partial charge in [0.25, 0.3) is 5.91 Å². The van der Waals surface area contributed by atoms with Crippen molar-refractivity contribution < 1.29 is 4.79 Å². The van der Waals surface area contributed by atoms with Crippen LogP contribution >= 0.6 is 0 Å². The lowest BCUT2D eigenvalue weighted by Crippen LogP contribution is -2.51. The number of hydrogen-bond acceptors (Lipinski definition) is 2. The van der Waals surface area contributed by atoms with Crippen LogP contribution in [0.3, 0.4) is 0 Å². The molecule has 0 bridgehead atoms. The summed E-state index contributed by atoms with van der Waals surface area (Å²) in [6, 6.07) is 18.5. The topological polar surface area (TPSA) is 42.0 Å². The van der Waals surface area contributed by atoms with Crippen LogP contribution in [0.1, 0.15) is 53.6 Å². The molecular formula is C24H26N2O. The van der Waals surface area contributed by atoms with Gasteiger partial charge in [0.1, 0.15) is 0 Å². The monoisotopic (exact) mass is 358 g/mol. The molecule has 27 heavy (non-hydrogen) atoms. The van der Waals surface area contributed by atoms with E-state index in [4.69, 9.17) is 0 Å². The van der Waals surface area contributed by atoms with Crippen molar-refractivity contribution in [2.75, 3.05) is 0 Å². The fourth-order valence-electron chi connectivity index (χ4n) is 4.38. The minimum atomic E-state index is -0.158. The molecule has 3 aromatic rings. The van der Waals surface area contributed by atoms with Crippen molar-refractivity contribution in [3.05, 3.63) is 77.5 Å². The predicted octanol–water partition coefficient (Wildman–Crippen LogP) is 5.22. The van der Waals surface area contributed by atoms with Crippen LogP contribution in [0.5, 0.6) is 0 Å². The van der Waals surface area contributed by atoms with E-state index in [1.807, 2.05) is 37.3 Å². The van der Waals surface area contributed by atoms with Gasteiger partial charge in [0.15, 0.2) is 0 Å². The minimum absolute atomic E-state index is 0.00332. The fraction of sp³-hybridized carbons (Fsp3) is 0.333. The predicted molar refractivity (Wildman–Crippen MR) is 110 cm³/mol. The van der Waals surface area contributed by atoms with Gasteiger partial charge in [-0.05, 0) is 43.4 Å². The molecule has 0 radical (unpaired) electrons. The van der Waals surface area contributed by atoms with E-state index in [0.717, 1.165) is 35.7 Å². The quantitative estimate of drug-likeness (QED) is 0.695. The fourth-order valence-corrected chi connectivity index (χ4v) is 4.38. The maximum Gasteiger partial charge on any atom is 0.253 e. The van der Waals surface area contributed by atoms with E-state index in [2.05, 4.69) is 34.6 Å². The Labute approximate surface area is 160 Å². The molecule has 1 heterocycles. The molecule has 0 atom stereocenters. The lowest BCUT2D eigenvalue weighted by atomic mass is 9.77. The average Bonchev–Trinajstić information content (AvgIpc) is 2.69. The maximum atomic E-state index is 13.2. The van der Waals surface area contributed by atoms with Crippen molar-refractivity contribution in [1.29, 1.82) is 0 Å². The van der Waals surface area contributed by atoms with Gasteiger partial charge < -0.3 is 5.32 Å². The Hall–Kier alpha value is -2.68. The second kappa shape index (κ2) is 7.51. The summed E-state index contributed by atoms with van der Waals surface area (Å²) in [5, 5.41) is 4.47. The Kier molecular flexibility index (Phi) is 4.93. The van der Waals surface area contributed by atoms with Crippen LogP contribution in [0.2, 0.25) is 0 Å². The van der Waals surface area contributed by atoms with E-state index >= 15 is 0 Å². The first-order chi connectivity index (χ1) is 13.2. The number of nitrogens with one attached hydrogen (secondary N) is 1. The highest BCUT2D eigenvalue weighted by Gasteiger charge is 2.34. The molecule has 1 N–H and O–H groups in total. The number of para-hydroxylation sites is 1. The number of benzene rings is 2. The molecule has 3 heteroatoms. The van der Waals surface area contributed by atoms with Crippen molar-refractivity contribution in [2.24, 2.45) is 0 Å². The summed E-state index contributed by atoms with van der Waals surface area (Å²) in [6.07, 6.45) is 8.28. The highest BCUT2D eigenvalue weighted by atomic mass is 16.1. The number of fused-ring (bicyclic) bond motifs is 1. The van der Waals surface area contributed by atoms with Crippen LogP contribution < -0.4 is 5.32 Å². The summed E-state index contributed by atoms with van der Waals surface area (Å²) in [4.78, 5) is 17.7. The number of hydrogen-bond donors (Lipinski definition) is 1. The third kappa shape index (κ3) is 3.73. The summed E-state index contributed by atoms with van der Waals surface area (Å²) in [5.74, 6) is 0.00332. The largest absolute Gasteiger partial charge is 0.346 e. The van der Waals surface area contributed by atoms with Gasteiger partial charge in [0, 0.05) is 17.1 Å². The van der Waals surface area contributed by atoms with E-state index in [9.17, 15) is 4.79 Å². The van der Waals surface area contributed by atoms with Gasteiger partial charge in [0.05, 0.1) is 11.1 Å². The first kappa shape index (κ1) is 17.7. The van der Waals surface area contributed by atoms with Crippen LogP contribution in [-0.4, -0.2) is 16.4 Å². The summed E-state index contributed by atoms with van der Waals surface area (Å²) < 4.78 is 0. The molecular weight excluding hydrogens is 332 g/mol.